The molecule has 77 valence electrons. The van der Waals surface area contributed by atoms with Crippen LogP contribution in [0.4, 0.5) is 0 Å². The third-order valence-corrected chi connectivity index (χ3v) is 1.42. The normalized spacial score (nSPS) is 19.5. The first-order chi connectivity index (χ1) is 5.54. The lowest BCUT2D eigenvalue weighted by atomic mass is 10.0. The van der Waals surface area contributed by atoms with E-state index in [1.807, 2.05) is 0 Å². The van der Waals surface area contributed by atoms with Crippen molar-refractivity contribution in [3.05, 3.63) is 0 Å². The molecule has 0 aromatic carbocycles. The second-order valence-corrected chi connectivity index (χ2v) is 2.36. The molecule has 0 rings (SSSR count). The van der Waals surface area contributed by atoms with Crippen LogP contribution in [-0.2, 0) is 4.79 Å². The molecule has 0 amide bonds. The van der Waals surface area contributed by atoms with E-state index >= 15 is 0 Å². The van der Waals surface area contributed by atoms with Crippen molar-refractivity contribution in [1.82, 2.24) is 6.15 Å². The van der Waals surface area contributed by atoms with Gasteiger partial charge in [0, 0.05) is 6.15 Å². The fourth-order valence-corrected chi connectivity index (χ4v) is 0.618. The van der Waals surface area contributed by atoms with Crippen molar-refractivity contribution in [3.63, 3.8) is 0 Å². The number of hydrogen-bond donors (Lipinski definition) is 5. The number of carbonyl (C=O) groups is 1. The first-order valence-corrected chi connectivity index (χ1v) is 3.33. The average molecular weight is 194 g/mol. The molecule has 0 aromatic rings. The maximum absolute atomic E-state index is 9.90. The second kappa shape index (κ2) is 6.89. The van der Waals surface area contributed by atoms with Crippen molar-refractivity contribution in [2.24, 2.45) is 0 Å². The van der Waals surface area contributed by atoms with Gasteiger partial charge in [-0.2, -0.15) is 0 Å². The van der Waals surface area contributed by atoms with E-state index in [1.54, 1.807) is 0 Å². The Kier molecular flexibility index (Phi) is 7.92. The molecule has 0 bridgehead atoms. The van der Waals surface area contributed by atoms with Gasteiger partial charge < -0.3 is 30.3 Å². The topological polar surface area (TPSA) is 149 Å². The van der Waals surface area contributed by atoms with Crippen LogP contribution in [0, 0.1) is 0 Å². The lowest BCUT2D eigenvalue weighted by Gasteiger charge is -2.22. The molecule has 0 aliphatic carbocycles. The Bertz CT molecular complexity index is 143. The van der Waals surface area contributed by atoms with E-state index < -0.39 is 31.0 Å². The summed E-state index contributed by atoms with van der Waals surface area (Å²) >= 11 is 0. The fourth-order valence-electron chi connectivity index (χ4n) is 0.618. The molecule has 7 nitrogen and oxygen atoms in total. The molecule has 0 heterocycles. The van der Waals surface area contributed by atoms with Crippen molar-refractivity contribution in [1.29, 1.82) is 0 Å². The minimum atomic E-state index is -1.79. The van der Waals surface area contributed by atoms with Crippen LogP contribution in [0.3, 0.4) is 0 Å². The molecule has 0 saturated carbocycles. The lowest BCUT2D eigenvalue weighted by molar-refractivity contribution is -0.136. The molecule has 13 heavy (non-hydrogen) atoms. The third kappa shape index (κ3) is 4.27. The fraction of sp³-hybridized carbons (Fsp3) is 0.833. The minimum absolute atomic E-state index is 0. The SMILES string of the molecule is O=C[C@H](O)[C@@H](O)[C@H](O)[C@H](O)CO.[N]. The minimum Gasteiger partial charge on any atom is -0.394 e. The Balaban J connectivity index is 0. The zero-order valence-electron chi connectivity index (χ0n) is 6.69. The van der Waals surface area contributed by atoms with Crippen molar-refractivity contribution in [3.8, 4) is 0 Å². The molecule has 5 N–H and O–H groups in total. The summed E-state index contributed by atoms with van der Waals surface area (Å²) in [6, 6.07) is 0. The number of rotatable bonds is 5. The quantitative estimate of drug-likeness (QED) is 0.283. The highest BCUT2D eigenvalue weighted by Crippen LogP contribution is 2.02. The van der Waals surface area contributed by atoms with Crippen LogP contribution in [-0.4, -0.2) is 62.8 Å². The first-order valence-electron chi connectivity index (χ1n) is 3.33. The van der Waals surface area contributed by atoms with Crippen LogP contribution in [0.15, 0.2) is 0 Å². The summed E-state index contributed by atoms with van der Waals surface area (Å²) in [5, 5.41) is 43.5. The van der Waals surface area contributed by atoms with E-state index in [0.29, 0.717) is 0 Å². The molecule has 0 unspecified atom stereocenters. The van der Waals surface area contributed by atoms with E-state index in [1.165, 1.54) is 0 Å². The molecule has 0 fully saturated rings. The maximum atomic E-state index is 9.90. The number of aldehydes is 1. The monoisotopic (exact) mass is 194 g/mol. The standard InChI is InChI=1S/C6H12O6.N/c7-1-3(9)5(11)6(12)4(10)2-8;/h1,3-6,8-12H,2H2;/t3-,4+,5+,6+;/m0./s1. The highest BCUT2D eigenvalue weighted by Gasteiger charge is 2.29. The van der Waals surface area contributed by atoms with Crippen LogP contribution in [0.2, 0.25) is 0 Å². The van der Waals surface area contributed by atoms with Gasteiger partial charge in [-0.1, -0.05) is 0 Å². The molecule has 0 aromatic heterocycles. The summed E-state index contributed by atoms with van der Waals surface area (Å²) in [4.78, 5) is 9.90. The van der Waals surface area contributed by atoms with E-state index in [9.17, 15) is 4.79 Å². The van der Waals surface area contributed by atoms with Crippen LogP contribution in [0.5, 0.6) is 0 Å². The van der Waals surface area contributed by atoms with E-state index in [-0.39, 0.29) is 12.4 Å². The van der Waals surface area contributed by atoms with Gasteiger partial charge >= 0.3 is 0 Å². The van der Waals surface area contributed by atoms with Gasteiger partial charge in [-0.3, -0.25) is 0 Å². The number of aliphatic hydroxyl groups excluding tert-OH is 5. The van der Waals surface area contributed by atoms with Gasteiger partial charge in [0.2, 0.25) is 0 Å². The first kappa shape index (κ1) is 14.9. The molecule has 0 aliphatic rings. The Labute approximate surface area is 74.8 Å². The average Bonchev–Trinajstić information content (AvgIpc) is 2.12. The van der Waals surface area contributed by atoms with Crippen molar-refractivity contribution >= 4 is 6.29 Å². The van der Waals surface area contributed by atoms with Crippen LogP contribution < -0.4 is 6.15 Å². The molecule has 0 spiro atoms. The van der Waals surface area contributed by atoms with Crippen molar-refractivity contribution in [2.75, 3.05) is 6.61 Å². The third-order valence-electron chi connectivity index (χ3n) is 1.42. The van der Waals surface area contributed by atoms with Gasteiger partial charge in [-0.05, 0) is 0 Å². The van der Waals surface area contributed by atoms with Gasteiger partial charge in [-0.25, -0.2) is 0 Å². The van der Waals surface area contributed by atoms with E-state index in [2.05, 4.69) is 0 Å². The Morgan fingerprint density at radius 2 is 1.54 bits per heavy atom. The summed E-state index contributed by atoms with van der Waals surface area (Å²) < 4.78 is 0. The summed E-state index contributed by atoms with van der Waals surface area (Å²) in [7, 11) is 0. The number of hydrogen-bond acceptors (Lipinski definition) is 6. The van der Waals surface area contributed by atoms with Gasteiger partial charge in [0.15, 0.2) is 6.29 Å². The predicted octanol–water partition coefficient (Wildman–Crippen LogP) is -3.86. The molecule has 0 aliphatic heterocycles. The Hall–Kier alpha value is -0.570. The molecule has 7 heteroatoms. The maximum Gasteiger partial charge on any atom is 0.151 e. The summed E-state index contributed by atoms with van der Waals surface area (Å²) in [6.45, 7) is -0.760. The Morgan fingerprint density at radius 1 is 1.08 bits per heavy atom. The lowest BCUT2D eigenvalue weighted by Crippen LogP contribution is -2.46. The summed E-state index contributed by atoms with van der Waals surface area (Å²) in [6.07, 6.45) is -6.84. The van der Waals surface area contributed by atoms with Crippen molar-refractivity contribution in [2.45, 2.75) is 24.4 Å². The largest absolute Gasteiger partial charge is 0.394 e. The molecule has 0 saturated heterocycles. The second-order valence-electron chi connectivity index (χ2n) is 2.36. The zero-order valence-corrected chi connectivity index (χ0v) is 6.69. The number of nitrogens with zero attached hydrogens (tertiary/aromatic N) is 1. The highest BCUT2D eigenvalue weighted by molar-refractivity contribution is 5.56. The van der Waals surface area contributed by atoms with Crippen LogP contribution >= 0.6 is 0 Å². The highest BCUT2D eigenvalue weighted by atomic mass is 16.4. The van der Waals surface area contributed by atoms with Crippen molar-refractivity contribution < 1.29 is 30.3 Å². The number of aliphatic hydroxyl groups is 5. The molecule has 3 radical (unpaired) electrons. The van der Waals surface area contributed by atoms with Gasteiger partial charge in [0.25, 0.3) is 0 Å². The van der Waals surface area contributed by atoms with Crippen LogP contribution in [0.25, 0.3) is 0 Å². The van der Waals surface area contributed by atoms with E-state index in [0.717, 1.165) is 0 Å². The van der Waals surface area contributed by atoms with Gasteiger partial charge in [-0.15, -0.1) is 0 Å². The molecular weight excluding hydrogens is 182 g/mol. The van der Waals surface area contributed by atoms with Crippen LogP contribution in [0.1, 0.15) is 0 Å². The van der Waals surface area contributed by atoms with Gasteiger partial charge in [0.1, 0.15) is 24.4 Å². The molecular formula is C6H12NO6. The number of carbonyl (C=O) groups excluding carboxylic acids is 1. The Morgan fingerprint density at radius 3 is 1.85 bits per heavy atom. The predicted molar refractivity (Wildman–Crippen MR) is 39.3 cm³/mol. The zero-order chi connectivity index (χ0) is 9.72. The summed E-state index contributed by atoms with van der Waals surface area (Å²) in [5.41, 5.74) is 0. The molecule has 4 atom stereocenters. The van der Waals surface area contributed by atoms with E-state index in [4.69, 9.17) is 25.5 Å². The smallest absolute Gasteiger partial charge is 0.151 e. The summed E-state index contributed by atoms with van der Waals surface area (Å²) in [5.74, 6) is 0. The van der Waals surface area contributed by atoms with Gasteiger partial charge in [0.05, 0.1) is 6.61 Å².